The van der Waals surface area contributed by atoms with Crippen LogP contribution in [0.4, 0.5) is 5.69 Å². The predicted octanol–water partition coefficient (Wildman–Crippen LogP) is 5.05. The van der Waals surface area contributed by atoms with Crippen LogP contribution in [0.2, 0.25) is 0 Å². The van der Waals surface area contributed by atoms with Gasteiger partial charge in [-0.25, -0.2) is 0 Å². The molecule has 38 heavy (non-hydrogen) atoms. The molecule has 1 aromatic carbocycles. The lowest BCUT2D eigenvalue weighted by atomic mass is 9.51. The van der Waals surface area contributed by atoms with Gasteiger partial charge in [-0.2, -0.15) is 0 Å². The number of ether oxygens (including phenoxy) is 1. The molecule has 0 heterocycles. The maximum atomic E-state index is 12.3. The van der Waals surface area contributed by atoms with Crippen LogP contribution in [-0.2, 0) is 14.3 Å². The van der Waals surface area contributed by atoms with Gasteiger partial charge in [0.05, 0.1) is 12.2 Å². The van der Waals surface area contributed by atoms with E-state index in [1.165, 1.54) is 22.4 Å². The van der Waals surface area contributed by atoms with Gasteiger partial charge < -0.3 is 20.5 Å². The van der Waals surface area contributed by atoms with E-state index in [2.05, 4.69) is 50.2 Å². The third-order valence-electron chi connectivity index (χ3n) is 10.2. The molecular formula is C32H44N2O4. The number of hydrogen-bond donors (Lipinski definition) is 2. The first-order chi connectivity index (χ1) is 18.0. The number of nitrogens with zero attached hydrogens (tertiary/aromatic N) is 1. The number of benzene rings is 1. The number of carbonyl (C=O) groups is 2. The first kappa shape index (κ1) is 27.1. The van der Waals surface area contributed by atoms with Crippen molar-refractivity contribution in [1.29, 1.82) is 0 Å². The molecule has 2 saturated carbocycles. The molecule has 5 rings (SSSR count). The topological polar surface area (TPSA) is 92.9 Å². The summed E-state index contributed by atoms with van der Waals surface area (Å²) in [7, 11) is 4.12. The number of allylic oxidation sites excluding steroid dienone is 4. The lowest BCUT2D eigenvalue weighted by molar-refractivity contribution is -0.146. The molecule has 4 aliphatic carbocycles. The highest BCUT2D eigenvalue weighted by Crippen LogP contribution is 2.67. The molecule has 0 bridgehead atoms. The average Bonchev–Trinajstić information content (AvgIpc) is 3.15. The number of aliphatic hydroxyl groups is 1. The van der Waals surface area contributed by atoms with Crippen molar-refractivity contribution in [2.75, 3.05) is 25.6 Å². The fourth-order valence-electron chi connectivity index (χ4n) is 8.14. The maximum Gasteiger partial charge on any atom is 0.322 e. The second kappa shape index (κ2) is 10.3. The van der Waals surface area contributed by atoms with Crippen molar-refractivity contribution < 1.29 is 19.4 Å². The number of carbonyl (C=O) groups excluding carboxylic acids is 2. The molecule has 0 amide bonds. The second-order valence-electron chi connectivity index (χ2n) is 12.6. The van der Waals surface area contributed by atoms with Crippen molar-refractivity contribution in [1.82, 2.24) is 0 Å². The zero-order chi connectivity index (χ0) is 27.2. The highest BCUT2D eigenvalue weighted by atomic mass is 16.5. The summed E-state index contributed by atoms with van der Waals surface area (Å²) in [5, 5.41) is 12.2. The van der Waals surface area contributed by atoms with Gasteiger partial charge in [0.2, 0.25) is 0 Å². The Kier molecular flexibility index (Phi) is 7.34. The van der Waals surface area contributed by atoms with E-state index in [1.807, 2.05) is 6.08 Å². The van der Waals surface area contributed by atoms with Gasteiger partial charge in [-0.05, 0) is 105 Å². The van der Waals surface area contributed by atoms with Gasteiger partial charge in [0.1, 0.15) is 6.04 Å². The predicted molar refractivity (Wildman–Crippen MR) is 150 cm³/mol. The van der Waals surface area contributed by atoms with Crippen LogP contribution < -0.4 is 10.6 Å². The Morgan fingerprint density at radius 1 is 1.18 bits per heavy atom. The Hall–Kier alpha value is -2.44. The summed E-state index contributed by atoms with van der Waals surface area (Å²) in [4.78, 5) is 26.2. The van der Waals surface area contributed by atoms with Crippen molar-refractivity contribution >= 4 is 17.4 Å². The highest BCUT2D eigenvalue weighted by molar-refractivity contribution is 5.93. The van der Waals surface area contributed by atoms with E-state index < -0.39 is 11.6 Å². The zero-order valence-corrected chi connectivity index (χ0v) is 23.5. The number of ketones is 1. The molecule has 206 valence electrons. The Morgan fingerprint density at radius 2 is 1.92 bits per heavy atom. The molecule has 6 heteroatoms. The number of esters is 1. The molecule has 1 aromatic rings. The molecule has 0 saturated heterocycles. The first-order valence-corrected chi connectivity index (χ1v) is 14.4. The summed E-state index contributed by atoms with van der Waals surface area (Å²) < 4.78 is 5.33. The van der Waals surface area contributed by atoms with E-state index in [1.54, 1.807) is 12.5 Å². The number of anilines is 1. The summed E-state index contributed by atoms with van der Waals surface area (Å²) in [6.45, 7) is 4.24. The monoisotopic (exact) mass is 520 g/mol. The Bertz CT molecular complexity index is 1150. The van der Waals surface area contributed by atoms with Gasteiger partial charge in [0.25, 0.3) is 0 Å². The number of hydrogen-bond acceptors (Lipinski definition) is 6. The van der Waals surface area contributed by atoms with Gasteiger partial charge >= 0.3 is 5.97 Å². The molecule has 0 radical (unpaired) electrons. The zero-order valence-electron chi connectivity index (χ0n) is 23.5. The Balaban J connectivity index is 1.49. The fraction of sp³-hybridized carbons (Fsp3) is 0.625. The molecule has 0 aliphatic heterocycles. The van der Waals surface area contributed by atoms with Gasteiger partial charge in [-0.3, -0.25) is 9.59 Å². The van der Waals surface area contributed by atoms with E-state index >= 15 is 0 Å². The van der Waals surface area contributed by atoms with Crippen LogP contribution in [0.25, 0.3) is 0 Å². The summed E-state index contributed by atoms with van der Waals surface area (Å²) in [6, 6.07) is 8.29. The van der Waals surface area contributed by atoms with E-state index in [-0.39, 0.29) is 23.1 Å². The molecule has 3 N–H and O–H groups in total. The van der Waals surface area contributed by atoms with E-state index in [0.29, 0.717) is 37.7 Å². The first-order valence-electron chi connectivity index (χ1n) is 14.4. The number of fused-ring (bicyclic) bond motifs is 4. The molecule has 2 fully saturated rings. The molecule has 6 atom stereocenters. The van der Waals surface area contributed by atoms with Crippen molar-refractivity contribution in [2.24, 2.45) is 23.0 Å². The lowest BCUT2D eigenvalue weighted by Crippen LogP contribution is -2.51. The molecule has 0 aromatic heterocycles. The van der Waals surface area contributed by atoms with Crippen molar-refractivity contribution in [3.8, 4) is 0 Å². The third kappa shape index (κ3) is 4.64. The standard InChI is InChI=1S/C32H44N2O4/c1-20(33)30(36)38-17-5-15-32(37)16-14-28-26-12-8-22-18-24(35)11-13-25(22)29(26)27(19-31(28,32)2)21-6-9-23(10-7-21)34(3)4/h6-7,9-10,18,20,26-28,37H,5,8,11-17,19,33H2,1-4H3/t20?,26-,27+,28-,31+,32-/m0/s1. The normalized spacial score (nSPS) is 33.2. The number of rotatable bonds is 7. The van der Waals surface area contributed by atoms with Crippen LogP contribution in [0, 0.1) is 17.3 Å². The van der Waals surface area contributed by atoms with E-state index in [4.69, 9.17) is 10.5 Å². The van der Waals surface area contributed by atoms with Crippen LogP contribution in [0.15, 0.2) is 47.1 Å². The average molecular weight is 521 g/mol. The van der Waals surface area contributed by atoms with Crippen molar-refractivity contribution in [3.05, 3.63) is 52.6 Å². The largest absolute Gasteiger partial charge is 0.465 e. The second-order valence-corrected chi connectivity index (χ2v) is 12.6. The van der Waals surface area contributed by atoms with Gasteiger partial charge in [-0.1, -0.05) is 24.6 Å². The van der Waals surface area contributed by atoms with Crippen molar-refractivity contribution in [3.63, 3.8) is 0 Å². The lowest BCUT2D eigenvalue weighted by Gasteiger charge is -2.55. The van der Waals surface area contributed by atoms with Gasteiger partial charge in [-0.15, -0.1) is 0 Å². The van der Waals surface area contributed by atoms with Gasteiger partial charge in [0, 0.05) is 37.5 Å². The SMILES string of the molecule is CC(N)C(=O)OCCC[C@]1(O)CC[C@H]2[C@@H]3CCC4=CC(=O)CCC4=C3[C@@H](c3ccc(N(C)C)cc3)C[C@]21C. The van der Waals surface area contributed by atoms with Crippen LogP contribution in [0.1, 0.15) is 83.1 Å². The van der Waals surface area contributed by atoms with Gasteiger partial charge in [0.15, 0.2) is 5.78 Å². The molecular weight excluding hydrogens is 476 g/mol. The number of nitrogens with two attached hydrogens (primary N) is 1. The summed E-state index contributed by atoms with van der Waals surface area (Å²) in [5.41, 5.74) is 11.3. The molecule has 0 spiro atoms. The molecule has 1 unspecified atom stereocenters. The maximum absolute atomic E-state index is 12.3. The highest BCUT2D eigenvalue weighted by Gasteiger charge is 2.62. The minimum absolute atomic E-state index is 0.227. The van der Waals surface area contributed by atoms with E-state index in [9.17, 15) is 14.7 Å². The minimum atomic E-state index is -0.797. The molecule has 6 nitrogen and oxygen atoms in total. The summed E-state index contributed by atoms with van der Waals surface area (Å²) in [5.74, 6) is 0.940. The minimum Gasteiger partial charge on any atom is -0.465 e. The van der Waals surface area contributed by atoms with Crippen LogP contribution in [-0.4, -0.2) is 49.2 Å². The van der Waals surface area contributed by atoms with Crippen LogP contribution in [0.5, 0.6) is 0 Å². The summed E-state index contributed by atoms with van der Waals surface area (Å²) >= 11 is 0. The molecule has 4 aliphatic rings. The fourth-order valence-corrected chi connectivity index (χ4v) is 8.14. The summed E-state index contributed by atoms with van der Waals surface area (Å²) in [6.07, 6.45) is 9.31. The van der Waals surface area contributed by atoms with Crippen molar-refractivity contribution in [2.45, 2.75) is 89.2 Å². The smallest absolute Gasteiger partial charge is 0.322 e. The van der Waals surface area contributed by atoms with E-state index in [0.717, 1.165) is 38.5 Å². The third-order valence-corrected chi connectivity index (χ3v) is 10.2. The quantitative estimate of drug-likeness (QED) is 0.386. The Labute approximate surface area is 227 Å². The Morgan fingerprint density at radius 3 is 2.61 bits per heavy atom. The van der Waals surface area contributed by atoms with Crippen LogP contribution >= 0.6 is 0 Å². The van der Waals surface area contributed by atoms with Crippen LogP contribution in [0.3, 0.4) is 0 Å².